The molecule has 136 valence electrons. The maximum atomic E-state index is 11.2. The Hall–Kier alpha value is -1.72. The van der Waals surface area contributed by atoms with Crippen molar-refractivity contribution in [2.24, 2.45) is 10.1 Å². The van der Waals surface area contributed by atoms with Crippen LogP contribution in [-0.2, 0) is 23.1 Å². The molecule has 0 fully saturated rings. The minimum atomic E-state index is -3.67. The summed E-state index contributed by atoms with van der Waals surface area (Å²) in [6.45, 7) is 3.71. The summed E-state index contributed by atoms with van der Waals surface area (Å²) in [6, 6.07) is 12.1. The van der Waals surface area contributed by atoms with E-state index in [1.54, 1.807) is 18.3 Å². The Kier molecular flexibility index (Phi) is 8.79. The number of benzene rings is 1. The van der Waals surface area contributed by atoms with Crippen LogP contribution in [0.5, 0.6) is 0 Å². The summed E-state index contributed by atoms with van der Waals surface area (Å²) in [5.74, 6) is 0.665. The summed E-state index contributed by atoms with van der Waals surface area (Å²) in [5, 5.41) is 11.4. The summed E-state index contributed by atoms with van der Waals surface area (Å²) in [7, 11) is -3.67. The number of pyridine rings is 1. The van der Waals surface area contributed by atoms with Gasteiger partial charge in [0.25, 0.3) is 0 Å². The molecular weight excluding hydrogens is 453 g/mol. The van der Waals surface area contributed by atoms with Gasteiger partial charge >= 0.3 is 0 Å². The molecule has 0 atom stereocenters. The van der Waals surface area contributed by atoms with Crippen LogP contribution >= 0.6 is 24.0 Å². The summed E-state index contributed by atoms with van der Waals surface area (Å²) in [4.78, 5) is 8.82. The van der Waals surface area contributed by atoms with Gasteiger partial charge in [0.2, 0.25) is 10.0 Å². The summed E-state index contributed by atoms with van der Waals surface area (Å²) >= 11 is 0. The number of hydrogen-bond donors (Lipinski definition) is 3. The number of aliphatic imine (C=N–C) groups is 1. The number of primary sulfonamides is 1. The summed E-state index contributed by atoms with van der Waals surface area (Å²) < 4.78 is 22.5. The molecule has 0 aliphatic heterocycles. The second-order valence-electron chi connectivity index (χ2n) is 5.06. The third-order valence-corrected chi connectivity index (χ3v) is 4.11. The Morgan fingerprint density at radius 2 is 1.88 bits per heavy atom. The van der Waals surface area contributed by atoms with Crippen molar-refractivity contribution in [3.8, 4) is 0 Å². The van der Waals surface area contributed by atoms with Crippen LogP contribution in [0.3, 0.4) is 0 Å². The molecule has 0 spiro atoms. The van der Waals surface area contributed by atoms with Gasteiger partial charge in [-0.3, -0.25) is 4.98 Å². The molecule has 1 aromatic heterocycles. The molecule has 0 amide bonds. The predicted octanol–water partition coefficient (Wildman–Crippen LogP) is 1.60. The van der Waals surface area contributed by atoms with Crippen LogP contribution in [0.1, 0.15) is 18.2 Å². The second-order valence-corrected chi connectivity index (χ2v) is 6.62. The van der Waals surface area contributed by atoms with E-state index in [0.29, 0.717) is 19.0 Å². The Bertz CT molecular complexity index is 780. The fourth-order valence-electron chi connectivity index (χ4n) is 1.97. The van der Waals surface area contributed by atoms with Gasteiger partial charge in [-0.25, -0.2) is 18.5 Å². The van der Waals surface area contributed by atoms with Gasteiger partial charge in [-0.05, 0) is 36.8 Å². The van der Waals surface area contributed by atoms with Gasteiger partial charge in [-0.2, -0.15) is 0 Å². The zero-order chi connectivity index (χ0) is 17.4. The van der Waals surface area contributed by atoms with Crippen molar-refractivity contribution in [1.82, 2.24) is 15.6 Å². The number of nitrogens with one attached hydrogen (secondary N) is 2. The minimum absolute atomic E-state index is 0. The van der Waals surface area contributed by atoms with Gasteiger partial charge in [0.1, 0.15) is 0 Å². The van der Waals surface area contributed by atoms with Crippen molar-refractivity contribution < 1.29 is 8.42 Å². The fourth-order valence-corrected chi connectivity index (χ4v) is 2.49. The van der Waals surface area contributed by atoms with Gasteiger partial charge in [-0.1, -0.05) is 18.2 Å². The van der Waals surface area contributed by atoms with E-state index in [4.69, 9.17) is 5.14 Å². The molecular formula is C16H22IN5O2S. The molecule has 1 heterocycles. The maximum Gasteiger partial charge on any atom is 0.238 e. The van der Waals surface area contributed by atoms with Gasteiger partial charge in [0, 0.05) is 12.7 Å². The minimum Gasteiger partial charge on any atom is -0.357 e. The fraction of sp³-hybridized carbons (Fsp3) is 0.250. The molecule has 2 aromatic rings. The summed E-state index contributed by atoms with van der Waals surface area (Å²) in [5.41, 5.74) is 1.80. The molecule has 0 radical (unpaired) electrons. The summed E-state index contributed by atoms with van der Waals surface area (Å²) in [6.07, 6.45) is 1.74. The van der Waals surface area contributed by atoms with Crippen LogP contribution < -0.4 is 15.8 Å². The molecule has 2 rings (SSSR count). The quantitative estimate of drug-likeness (QED) is 0.334. The Morgan fingerprint density at radius 1 is 1.16 bits per heavy atom. The van der Waals surface area contributed by atoms with Crippen molar-refractivity contribution in [2.45, 2.75) is 24.9 Å². The third kappa shape index (κ3) is 7.36. The number of halogens is 1. The molecule has 0 saturated heterocycles. The highest BCUT2D eigenvalue weighted by Crippen LogP contribution is 2.09. The largest absolute Gasteiger partial charge is 0.357 e. The van der Waals surface area contributed by atoms with Gasteiger partial charge < -0.3 is 10.6 Å². The number of rotatable bonds is 6. The van der Waals surface area contributed by atoms with Crippen LogP contribution in [0, 0.1) is 0 Å². The highest BCUT2D eigenvalue weighted by atomic mass is 127. The number of sulfonamides is 1. The number of hydrogen-bond acceptors (Lipinski definition) is 4. The first-order valence-electron chi connectivity index (χ1n) is 7.53. The molecule has 9 heteroatoms. The van der Waals surface area contributed by atoms with Crippen LogP contribution in [0.15, 0.2) is 58.5 Å². The average molecular weight is 475 g/mol. The van der Waals surface area contributed by atoms with E-state index in [2.05, 4.69) is 20.6 Å². The zero-order valence-electron chi connectivity index (χ0n) is 13.8. The van der Waals surface area contributed by atoms with Crippen molar-refractivity contribution >= 4 is 40.0 Å². The zero-order valence-corrected chi connectivity index (χ0v) is 17.0. The third-order valence-electron chi connectivity index (χ3n) is 3.18. The van der Waals surface area contributed by atoms with Gasteiger partial charge in [0.05, 0.1) is 23.7 Å². The maximum absolute atomic E-state index is 11.2. The lowest BCUT2D eigenvalue weighted by Gasteiger charge is -2.11. The number of nitrogens with zero attached hydrogens (tertiary/aromatic N) is 2. The number of nitrogens with two attached hydrogens (primary N) is 1. The predicted molar refractivity (Wildman–Crippen MR) is 109 cm³/mol. The van der Waals surface area contributed by atoms with E-state index in [1.807, 2.05) is 25.1 Å². The number of guanidine groups is 1. The monoisotopic (exact) mass is 475 g/mol. The highest BCUT2D eigenvalue weighted by Gasteiger charge is 2.06. The van der Waals surface area contributed by atoms with Crippen molar-refractivity contribution in [3.05, 3.63) is 59.9 Å². The van der Waals surface area contributed by atoms with E-state index in [1.165, 1.54) is 12.1 Å². The molecule has 0 aliphatic rings. The molecule has 25 heavy (non-hydrogen) atoms. The standard InChI is InChI=1S/C16H21N5O2S.HI/c1-2-18-16(21-12-14-5-3-4-10-19-14)20-11-13-6-8-15(9-7-13)24(17,22)23;/h3-10H,2,11-12H2,1H3,(H2,17,22,23)(H2,18,20,21);1H. The van der Waals surface area contributed by atoms with Crippen molar-refractivity contribution in [3.63, 3.8) is 0 Å². The van der Waals surface area contributed by atoms with Gasteiger partial charge in [0.15, 0.2) is 5.96 Å². The first kappa shape index (κ1) is 21.3. The molecule has 0 saturated carbocycles. The normalized spacial score (nSPS) is 11.5. The number of aromatic nitrogens is 1. The van der Waals surface area contributed by atoms with Crippen molar-refractivity contribution in [2.75, 3.05) is 6.54 Å². The van der Waals surface area contributed by atoms with E-state index >= 15 is 0 Å². The Morgan fingerprint density at radius 3 is 2.44 bits per heavy atom. The smallest absolute Gasteiger partial charge is 0.238 e. The van der Waals surface area contributed by atoms with E-state index in [9.17, 15) is 8.42 Å². The molecule has 0 aliphatic carbocycles. The van der Waals surface area contributed by atoms with Crippen LogP contribution in [0.2, 0.25) is 0 Å². The lowest BCUT2D eigenvalue weighted by Crippen LogP contribution is -2.37. The van der Waals surface area contributed by atoms with Crippen LogP contribution in [-0.4, -0.2) is 25.9 Å². The molecule has 4 N–H and O–H groups in total. The van der Waals surface area contributed by atoms with E-state index < -0.39 is 10.0 Å². The topological polar surface area (TPSA) is 109 Å². The molecule has 0 unspecified atom stereocenters. The van der Waals surface area contributed by atoms with Crippen LogP contribution in [0.25, 0.3) is 0 Å². The Labute approximate surface area is 165 Å². The highest BCUT2D eigenvalue weighted by molar-refractivity contribution is 14.0. The SMILES string of the molecule is CCNC(=NCc1ccc(S(N)(=O)=O)cc1)NCc1ccccn1.I. The molecule has 0 bridgehead atoms. The van der Waals surface area contributed by atoms with E-state index in [-0.39, 0.29) is 28.9 Å². The molecule has 1 aromatic carbocycles. The van der Waals surface area contributed by atoms with Crippen molar-refractivity contribution in [1.29, 1.82) is 0 Å². The van der Waals surface area contributed by atoms with Crippen LogP contribution in [0.4, 0.5) is 0 Å². The molecule has 7 nitrogen and oxygen atoms in total. The lowest BCUT2D eigenvalue weighted by atomic mass is 10.2. The first-order valence-corrected chi connectivity index (χ1v) is 9.07. The van der Waals surface area contributed by atoms with E-state index in [0.717, 1.165) is 17.8 Å². The van der Waals surface area contributed by atoms with Gasteiger partial charge in [-0.15, -0.1) is 24.0 Å². The average Bonchev–Trinajstić information content (AvgIpc) is 2.58. The first-order chi connectivity index (χ1) is 11.5. The second kappa shape index (κ2) is 10.3. The Balaban J connectivity index is 0.00000312. The lowest BCUT2D eigenvalue weighted by molar-refractivity contribution is 0.598.